The Bertz CT molecular complexity index is 917. The number of hydrogen-bond donors (Lipinski definition) is 1. The van der Waals surface area contributed by atoms with E-state index in [1.54, 1.807) is 6.07 Å². The molecule has 140 valence electrons. The van der Waals surface area contributed by atoms with Crippen molar-refractivity contribution < 1.29 is 14.6 Å². The molecule has 0 bridgehead atoms. The van der Waals surface area contributed by atoms with E-state index in [2.05, 4.69) is 6.08 Å². The van der Waals surface area contributed by atoms with E-state index < -0.39 is 11.6 Å². The van der Waals surface area contributed by atoms with Crippen molar-refractivity contribution in [3.05, 3.63) is 69.7 Å². The minimum absolute atomic E-state index is 0.0655. The Morgan fingerprint density at radius 3 is 2.56 bits per heavy atom. The number of rotatable bonds is 3. The average molecular weight is 404 g/mol. The highest BCUT2D eigenvalue weighted by Gasteiger charge is 2.39. The third kappa shape index (κ3) is 3.70. The number of carboxylic acids is 1. The van der Waals surface area contributed by atoms with Crippen LogP contribution in [-0.4, -0.2) is 41.2 Å². The van der Waals surface area contributed by atoms with E-state index in [1.165, 1.54) is 0 Å². The van der Waals surface area contributed by atoms with E-state index in [0.29, 0.717) is 23.1 Å². The number of aliphatic carboxylic acids is 1. The predicted octanol–water partition coefficient (Wildman–Crippen LogP) is 4.74. The first-order valence-electron chi connectivity index (χ1n) is 8.87. The Kier molecular flexibility index (Phi) is 4.89. The number of nitrogens with zero attached hydrogens (tertiary/aromatic N) is 1. The molecule has 6 heteroatoms. The first-order valence-corrected chi connectivity index (χ1v) is 9.62. The first-order chi connectivity index (χ1) is 13.0. The maximum atomic E-state index is 11.0. The summed E-state index contributed by atoms with van der Waals surface area (Å²) in [5.74, 6) is 0.0423. The van der Waals surface area contributed by atoms with Gasteiger partial charge in [0.25, 0.3) is 0 Å². The lowest BCUT2D eigenvalue weighted by molar-refractivity contribution is -0.139. The summed E-state index contributed by atoms with van der Waals surface area (Å²) in [6, 6.07) is 13.6. The minimum atomic E-state index is -0.798. The molecule has 0 radical (unpaired) electrons. The zero-order valence-electron chi connectivity index (χ0n) is 14.6. The monoisotopic (exact) mass is 403 g/mol. The summed E-state index contributed by atoms with van der Waals surface area (Å²) >= 11 is 12.3. The fourth-order valence-electron chi connectivity index (χ4n) is 3.80. The summed E-state index contributed by atoms with van der Waals surface area (Å²) in [7, 11) is 0. The van der Waals surface area contributed by atoms with Crippen molar-refractivity contribution in [2.75, 3.05) is 19.6 Å². The number of piperidine rings is 1. The molecule has 27 heavy (non-hydrogen) atoms. The van der Waals surface area contributed by atoms with Crippen molar-refractivity contribution in [1.29, 1.82) is 0 Å². The van der Waals surface area contributed by atoms with Gasteiger partial charge in [-0.25, -0.2) is 0 Å². The van der Waals surface area contributed by atoms with E-state index >= 15 is 0 Å². The lowest BCUT2D eigenvalue weighted by Gasteiger charge is -2.42. The molecule has 2 aromatic rings. The molecule has 2 aliphatic rings. The number of para-hydroxylation sites is 1. The van der Waals surface area contributed by atoms with Gasteiger partial charge in [-0.1, -0.05) is 47.5 Å². The predicted molar refractivity (Wildman–Crippen MR) is 107 cm³/mol. The van der Waals surface area contributed by atoms with Crippen LogP contribution < -0.4 is 4.74 Å². The second kappa shape index (κ2) is 7.19. The van der Waals surface area contributed by atoms with E-state index in [1.807, 2.05) is 41.3 Å². The van der Waals surface area contributed by atoms with Crippen molar-refractivity contribution in [1.82, 2.24) is 4.90 Å². The molecule has 1 saturated heterocycles. The van der Waals surface area contributed by atoms with Gasteiger partial charge >= 0.3 is 5.97 Å². The van der Waals surface area contributed by atoms with Crippen LogP contribution in [0.1, 0.15) is 24.0 Å². The Labute approximate surface area is 168 Å². The molecule has 0 saturated carbocycles. The Hall–Kier alpha value is -2.01. The smallest absolute Gasteiger partial charge is 0.317 e. The minimum Gasteiger partial charge on any atom is -0.482 e. The quantitative estimate of drug-likeness (QED) is 0.803. The highest BCUT2D eigenvalue weighted by molar-refractivity contribution is 6.42. The molecule has 0 amide bonds. The largest absolute Gasteiger partial charge is 0.482 e. The molecule has 0 aromatic heterocycles. The fourth-order valence-corrected chi connectivity index (χ4v) is 4.10. The highest BCUT2D eigenvalue weighted by atomic mass is 35.5. The van der Waals surface area contributed by atoms with E-state index in [9.17, 15) is 4.79 Å². The molecule has 2 aliphatic heterocycles. The fraction of sp³-hybridized carbons (Fsp3) is 0.286. The van der Waals surface area contributed by atoms with E-state index in [-0.39, 0.29) is 6.54 Å². The SMILES string of the molecule is O=C(O)CN1CCC2(C=C(c3ccc(Cl)c(Cl)c3)c3ccccc3O2)CC1. The van der Waals surface area contributed by atoms with E-state index in [0.717, 1.165) is 35.3 Å². The average Bonchev–Trinajstić information content (AvgIpc) is 2.65. The van der Waals surface area contributed by atoms with Crippen molar-refractivity contribution in [2.45, 2.75) is 18.4 Å². The van der Waals surface area contributed by atoms with Crippen molar-refractivity contribution in [3.8, 4) is 5.75 Å². The Balaban J connectivity index is 1.71. The van der Waals surface area contributed by atoms with Gasteiger partial charge in [0.05, 0.1) is 16.6 Å². The van der Waals surface area contributed by atoms with Gasteiger partial charge in [-0.05, 0) is 35.4 Å². The second-order valence-corrected chi connectivity index (χ2v) is 7.83. The maximum absolute atomic E-state index is 11.0. The number of fused-ring (bicyclic) bond motifs is 1. The number of likely N-dealkylation sites (tertiary alicyclic amines) is 1. The van der Waals surface area contributed by atoms with Gasteiger partial charge in [0.1, 0.15) is 11.4 Å². The summed E-state index contributed by atoms with van der Waals surface area (Å²) < 4.78 is 6.41. The van der Waals surface area contributed by atoms with Crippen LogP contribution in [0.2, 0.25) is 10.0 Å². The Morgan fingerprint density at radius 1 is 1.11 bits per heavy atom. The number of hydrogen-bond acceptors (Lipinski definition) is 3. The number of ether oxygens (including phenoxy) is 1. The number of carbonyl (C=O) groups is 1. The standard InChI is InChI=1S/C21H19Cl2NO3/c22-17-6-5-14(11-18(17)23)16-12-21(27-19-4-2-1-3-15(16)19)7-9-24(10-8-21)13-20(25)26/h1-6,11-12H,7-10,13H2,(H,25,26). The van der Waals surface area contributed by atoms with Gasteiger partial charge < -0.3 is 9.84 Å². The van der Waals surface area contributed by atoms with Crippen LogP contribution in [0.4, 0.5) is 0 Å². The molecule has 0 aliphatic carbocycles. The number of benzene rings is 2. The van der Waals surface area contributed by atoms with Crippen LogP contribution in [0.5, 0.6) is 5.75 Å². The summed E-state index contributed by atoms with van der Waals surface area (Å²) in [4.78, 5) is 12.9. The highest BCUT2D eigenvalue weighted by Crippen LogP contribution is 2.43. The molecule has 4 nitrogen and oxygen atoms in total. The molecule has 1 fully saturated rings. The van der Waals surface area contributed by atoms with Gasteiger partial charge in [0, 0.05) is 31.5 Å². The molecule has 1 N–H and O–H groups in total. The van der Waals surface area contributed by atoms with Crippen LogP contribution in [0.3, 0.4) is 0 Å². The molecular weight excluding hydrogens is 385 g/mol. The van der Waals surface area contributed by atoms with E-state index in [4.69, 9.17) is 33.0 Å². The van der Waals surface area contributed by atoms with Crippen LogP contribution in [-0.2, 0) is 4.79 Å². The van der Waals surface area contributed by atoms with Gasteiger partial charge in [-0.15, -0.1) is 0 Å². The van der Waals surface area contributed by atoms with Crippen molar-refractivity contribution >= 4 is 34.7 Å². The Morgan fingerprint density at radius 2 is 1.85 bits per heavy atom. The summed E-state index contributed by atoms with van der Waals surface area (Å²) in [5.41, 5.74) is 2.65. The molecular formula is C21H19Cl2NO3. The lowest BCUT2D eigenvalue weighted by atomic mass is 9.83. The number of carboxylic acid groups (broad SMARTS) is 1. The first kappa shape index (κ1) is 18.4. The molecule has 0 atom stereocenters. The van der Waals surface area contributed by atoms with Crippen LogP contribution in [0.15, 0.2) is 48.5 Å². The van der Waals surface area contributed by atoms with Gasteiger partial charge in [0.2, 0.25) is 0 Å². The zero-order chi connectivity index (χ0) is 19.0. The van der Waals surface area contributed by atoms with Gasteiger partial charge in [-0.3, -0.25) is 9.69 Å². The lowest BCUT2D eigenvalue weighted by Crippen LogP contribution is -2.49. The second-order valence-electron chi connectivity index (χ2n) is 7.02. The maximum Gasteiger partial charge on any atom is 0.317 e. The normalized spacial score (nSPS) is 18.5. The van der Waals surface area contributed by atoms with Crippen LogP contribution in [0, 0.1) is 0 Å². The van der Waals surface area contributed by atoms with Crippen LogP contribution in [0.25, 0.3) is 5.57 Å². The zero-order valence-corrected chi connectivity index (χ0v) is 16.1. The van der Waals surface area contributed by atoms with Crippen molar-refractivity contribution in [3.63, 3.8) is 0 Å². The van der Waals surface area contributed by atoms with Crippen LogP contribution >= 0.6 is 23.2 Å². The topological polar surface area (TPSA) is 49.8 Å². The molecule has 4 rings (SSSR count). The summed E-state index contributed by atoms with van der Waals surface area (Å²) in [5, 5.41) is 10.1. The molecule has 2 aromatic carbocycles. The van der Waals surface area contributed by atoms with Gasteiger partial charge in [-0.2, -0.15) is 0 Å². The molecule has 1 spiro atoms. The summed E-state index contributed by atoms with van der Waals surface area (Å²) in [6.07, 6.45) is 3.64. The molecule has 2 heterocycles. The number of halogens is 2. The summed E-state index contributed by atoms with van der Waals surface area (Å²) in [6.45, 7) is 1.43. The third-order valence-corrected chi connectivity index (χ3v) is 5.93. The third-order valence-electron chi connectivity index (χ3n) is 5.19. The van der Waals surface area contributed by atoms with Gasteiger partial charge in [0.15, 0.2) is 0 Å². The van der Waals surface area contributed by atoms with Crippen molar-refractivity contribution in [2.24, 2.45) is 0 Å². The molecule has 0 unspecified atom stereocenters.